The summed E-state index contributed by atoms with van der Waals surface area (Å²) >= 11 is 0. The minimum absolute atomic E-state index is 0. The van der Waals surface area contributed by atoms with E-state index in [4.69, 9.17) is 59.6 Å². The molecule has 0 aromatic heterocycles. The van der Waals surface area contributed by atoms with E-state index in [0.29, 0.717) is 47.3 Å². The molecule has 0 unspecified atom stereocenters. The number of para-hydroxylation sites is 4. The number of rotatable bonds is 16. The number of hydrogen-bond acceptors (Lipinski definition) is 12. The maximum Gasteiger partial charge on any atom is 2.00 e. The SMILES string of the molecule is CC(=O)[O-].CC(=O)[O-].CC(=O)[O-].CC(=O)[O-].CC(C)c1cccc(C(C)C)c1N=Cc1[c-]cccc1C=Nc1c(C(C)C)cccc1C(C)C.CC(C)c1cccc(C(C)C)c1N=Cc1[c-]cccc1C=Nc1c(C(C)C)cccc1C(C)C.[Pd+2].[Pd+2].[Pd+2]. The molecule has 0 radical (unpaired) electrons. The molecule has 12 nitrogen and oxygen atoms in total. The van der Waals surface area contributed by atoms with Crippen molar-refractivity contribution in [3.63, 3.8) is 0 Å². The van der Waals surface area contributed by atoms with Crippen molar-refractivity contribution in [2.45, 2.75) is 186 Å². The van der Waals surface area contributed by atoms with Crippen LogP contribution in [0.15, 0.2) is 129 Å². The minimum Gasteiger partial charge on any atom is -0.550 e. The molecule has 476 valence electrons. The third-order valence-corrected chi connectivity index (χ3v) is 12.5. The summed E-state index contributed by atoms with van der Waals surface area (Å²) in [4.78, 5) is 55.6. The quantitative estimate of drug-likeness (QED) is 0.0516. The van der Waals surface area contributed by atoms with Gasteiger partial charge in [-0.05, 0) is 144 Å². The molecule has 0 spiro atoms. The van der Waals surface area contributed by atoms with Crippen LogP contribution < -0.4 is 20.4 Å². The van der Waals surface area contributed by atoms with E-state index in [0.717, 1.165) is 72.7 Å². The van der Waals surface area contributed by atoms with Crippen molar-refractivity contribution in [2.24, 2.45) is 20.0 Å². The Morgan fingerprint density at radius 1 is 0.310 bits per heavy atom. The predicted molar refractivity (Wildman–Crippen MR) is 341 cm³/mol. The zero-order valence-corrected chi connectivity index (χ0v) is 59.0. The third kappa shape index (κ3) is 31.6. The van der Waals surface area contributed by atoms with Crippen molar-refractivity contribution >= 4 is 71.5 Å². The number of carboxylic acid groups (broad SMARTS) is 4. The number of carbonyl (C=O) groups is 4. The molecule has 0 saturated carbocycles. The first-order valence-electron chi connectivity index (χ1n) is 28.7. The molecule has 87 heavy (non-hydrogen) atoms. The van der Waals surface area contributed by atoms with E-state index in [1.54, 1.807) is 0 Å². The Kier molecular flexibility index (Phi) is 43.3. The molecule has 0 amide bonds. The summed E-state index contributed by atoms with van der Waals surface area (Å²) in [6.07, 6.45) is 7.85. The van der Waals surface area contributed by atoms with Gasteiger partial charge in [0, 0.05) is 23.9 Å². The van der Waals surface area contributed by atoms with E-state index in [-0.39, 0.29) is 61.3 Å². The smallest absolute Gasteiger partial charge is 0.550 e. The van der Waals surface area contributed by atoms with E-state index < -0.39 is 23.9 Å². The fourth-order valence-electron chi connectivity index (χ4n) is 8.54. The normalized spacial score (nSPS) is 10.8. The van der Waals surface area contributed by atoms with Crippen LogP contribution in [0.3, 0.4) is 0 Å². The zero-order chi connectivity index (χ0) is 64.0. The largest absolute Gasteiger partial charge is 2.00 e. The van der Waals surface area contributed by atoms with Gasteiger partial charge in [-0.2, -0.15) is 0 Å². The monoisotopic (exact) mass is 1460 g/mol. The van der Waals surface area contributed by atoms with Crippen LogP contribution in [0.4, 0.5) is 22.7 Å². The number of carbonyl (C=O) groups excluding carboxylic acids is 4. The first kappa shape index (κ1) is 85.1. The molecule has 6 rings (SSSR count). The van der Waals surface area contributed by atoms with Crippen molar-refractivity contribution < 1.29 is 101 Å². The predicted octanol–water partition coefficient (Wildman–Crippen LogP) is 14.0. The summed E-state index contributed by atoms with van der Waals surface area (Å²) in [5.74, 6) is -1.04. The molecular formula is C72H90N4O8Pd3. The van der Waals surface area contributed by atoms with Crippen LogP contribution in [-0.2, 0) is 80.4 Å². The summed E-state index contributed by atoms with van der Waals surface area (Å²) in [7, 11) is 0. The maximum absolute atomic E-state index is 8.89. The average molecular weight is 1460 g/mol. The second-order valence-corrected chi connectivity index (χ2v) is 22.5. The van der Waals surface area contributed by atoms with Gasteiger partial charge >= 0.3 is 61.3 Å². The molecule has 0 fully saturated rings. The maximum atomic E-state index is 8.89. The number of benzene rings is 6. The Labute approximate surface area is 562 Å². The van der Waals surface area contributed by atoms with Gasteiger partial charge in [-0.15, -0.1) is 59.7 Å². The van der Waals surface area contributed by atoms with Gasteiger partial charge in [-0.25, -0.2) is 0 Å². The van der Waals surface area contributed by atoms with Crippen LogP contribution in [0.2, 0.25) is 0 Å². The summed E-state index contributed by atoms with van der Waals surface area (Å²) in [5, 5.41) is 35.6. The third-order valence-electron chi connectivity index (χ3n) is 12.5. The first-order chi connectivity index (χ1) is 39.3. The Morgan fingerprint density at radius 3 is 0.632 bits per heavy atom. The van der Waals surface area contributed by atoms with Crippen LogP contribution in [0.1, 0.15) is 253 Å². The number of aliphatic carboxylic acids is 4. The van der Waals surface area contributed by atoms with Crippen molar-refractivity contribution in [1.29, 1.82) is 0 Å². The Bertz CT molecular complexity index is 2640. The van der Waals surface area contributed by atoms with E-state index in [9.17, 15) is 0 Å². The van der Waals surface area contributed by atoms with Crippen molar-refractivity contribution in [3.8, 4) is 0 Å². The molecule has 0 aliphatic heterocycles. The molecule has 0 heterocycles. The minimum atomic E-state index is -1.08. The summed E-state index contributed by atoms with van der Waals surface area (Å²) in [6, 6.07) is 45.0. The molecule has 0 aliphatic rings. The van der Waals surface area contributed by atoms with Crippen LogP contribution in [0, 0.1) is 12.1 Å². The zero-order valence-electron chi connectivity index (χ0n) is 54.3. The average Bonchev–Trinajstić information content (AvgIpc) is 3.42. The van der Waals surface area contributed by atoms with Crippen LogP contribution >= 0.6 is 0 Å². The van der Waals surface area contributed by atoms with Gasteiger partial charge < -0.3 is 49.6 Å². The molecule has 6 aromatic rings. The van der Waals surface area contributed by atoms with Gasteiger partial charge in [-0.1, -0.05) is 195 Å². The second kappa shape index (κ2) is 44.3. The molecule has 0 aliphatic carbocycles. The fraction of sp³-hybridized carbons (Fsp3) is 0.389. The molecule has 6 aromatic carbocycles. The number of nitrogens with zero attached hydrogens (tertiary/aromatic N) is 4. The van der Waals surface area contributed by atoms with Gasteiger partial charge in [0.1, 0.15) is 0 Å². The van der Waals surface area contributed by atoms with Crippen LogP contribution in [-0.4, -0.2) is 48.7 Å². The summed E-state index contributed by atoms with van der Waals surface area (Å²) in [5.41, 5.74) is 18.5. The number of hydrogen-bond donors (Lipinski definition) is 0. The second-order valence-electron chi connectivity index (χ2n) is 22.5. The van der Waals surface area contributed by atoms with Gasteiger partial charge in [0.2, 0.25) is 0 Å². The molecule has 15 heteroatoms. The van der Waals surface area contributed by atoms with Crippen molar-refractivity contribution in [3.05, 3.63) is 188 Å². The Morgan fingerprint density at radius 2 is 0.471 bits per heavy atom. The first-order valence-corrected chi connectivity index (χ1v) is 28.7. The number of aliphatic imine (C=N–C) groups is 4. The molecular weight excluding hydrogens is 1370 g/mol. The van der Waals surface area contributed by atoms with E-state index >= 15 is 0 Å². The Balaban J connectivity index is -0.00000126. The number of carboxylic acids is 4. The van der Waals surface area contributed by atoms with Gasteiger partial charge in [0.25, 0.3) is 0 Å². The van der Waals surface area contributed by atoms with Crippen molar-refractivity contribution in [1.82, 2.24) is 0 Å². The fourth-order valence-corrected chi connectivity index (χ4v) is 8.54. The van der Waals surface area contributed by atoms with E-state index in [1.165, 1.54) is 44.5 Å². The summed E-state index contributed by atoms with van der Waals surface area (Å²) in [6.45, 7) is 39.5. The molecule has 0 atom stereocenters. The van der Waals surface area contributed by atoms with Gasteiger partial charge in [0.15, 0.2) is 0 Å². The van der Waals surface area contributed by atoms with Crippen molar-refractivity contribution in [2.75, 3.05) is 0 Å². The molecule has 0 bridgehead atoms. The van der Waals surface area contributed by atoms with E-state index in [1.807, 2.05) is 49.1 Å². The standard InChI is InChI=1S/2C32H39N2.4C2H4O2.3Pd/c2*1-21(2)27-15-11-16-28(22(3)4)31(27)33-19-25-13-9-10-14-26(25)20-34-32-29(23(5)6)17-12-18-30(32)24(7)8;4*1-2(3)4;;;/h2*9-13,15-24H,1-8H3;4*1H3,(H,3,4);;;/q2*-1;;;;;3*+2/p-4. The van der Waals surface area contributed by atoms with Crippen LogP contribution in [0.25, 0.3) is 0 Å². The topological polar surface area (TPSA) is 210 Å². The Hall–Kier alpha value is -6.13. The van der Waals surface area contributed by atoms with Gasteiger partial charge in [-0.3, -0.25) is 9.98 Å². The molecule has 0 N–H and O–H groups in total. The molecule has 0 saturated heterocycles. The van der Waals surface area contributed by atoms with Gasteiger partial charge in [0.05, 0.1) is 22.7 Å². The summed E-state index contributed by atoms with van der Waals surface area (Å²) < 4.78 is 0. The van der Waals surface area contributed by atoms with E-state index in [2.05, 4.69) is 208 Å². The van der Waals surface area contributed by atoms with Crippen LogP contribution in [0.5, 0.6) is 0 Å².